The third-order valence-corrected chi connectivity index (χ3v) is 7.43. The average molecular weight is 618 g/mol. The minimum Gasteiger partial charge on any atom is -0.504 e. The van der Waals surface area contributed by atoms with E-state index in [4.69, 9.17) is 18.9 Å². The first-order valence-corrected chi connectivity index (χ1v) is 14.5. The number of hydrogen-bond donors (Lipinski definition) is 6. The van der Waals surface area contributed by atoms with Crippen molar-refractivity contribution in [1.82, 2.24) is 5.32 Å². The number of hydrogen-bond acceptors (Lipinski definition) is 12. The van der Waals surface area contributed by atoms with Crippen molar-refractivity contribution in [1.29, 1.82) is 0 Å². The Kier molecular flexibility index (Phi) is 13.6. The van der Waals surface area contributed by atoms with Crippen LogP contribution in [0.3, 0.4) is 0 Å². The zero-order valence-electron chi connectivity index (χ0n) is 25.2. The van der Waals surface area contributed by atoms with E-state index in [9.17, 15) is 35.1 Å². The second kappa shape index (κ2) is 17.1. The van der Waals surface area contributed by atoms with Crippen LogP contribution in [0.15, 0.2) is 48.0 Å². The van der Waals surface area contributed by atoms with Gasteiger partial charge in [0.15, 0.2) is 30.0 Å². The molecular weight excluding hydrogens is 574 g/mol. The number of benzene rings is 2. The summed E-state index contributed by atoms with van der Waals surface area (Å²) in [6.45, 7) is 1.38. The van der Waals surface area contributed by atoms with Gasteiger partial charge in [0.05, 0.1) is 13.2 Å². The zero-order chi connectivity index (χ0) is 32.2. The Balaban J connectivity index is 2.00. The molecule has 44 heavy (non-hydrogen) atoms. The van der Waals surface area contributed by atoms with E-state index in [1.54, 1.807) is 13.1 Å². The lowest BCUT2D eigenvalue weighted by molar-refractivity contribution is -0.289. The molecule has 0 spiro atoms. The molecule has 0 amide bonds. The predicted molar refractivity (Wildman–Crippen MR) is 160 cm³/mol. The molecule has 0 radical (unpaired) electrons. The van der Waals surface area contributed by atoms with E-state index >= 15 is 0 Å². The Morgan fingerprint density at radius 1 is 1.07 bits per heavy atom. The van der Waals surface area contributed by atoms with Gasteiger partial charge in [-0.05, 0) is 80.1 Å². The van der Waals surface area contributed by atoms with Crippen LogP contribution in [0.2, 0.25) is 0 Å². The van der Waals surface area contributed by atoms with Crippen molar-refractivity contribution in [3.63, 3.8) is 0 Å². The van der Waals surface area contributed by atoms with E-state index in [1.807, 2.05) is 24.3 Å². The van der Waals surface area contributed by atoms with Crippen molar-refractivity contribution < 1.29 is 54.1 Å². The zero-order valence-corrected chi connectivity index (χ0v) is 25.2. The number of nitrogens with one attached hydrogen (secondary N) is 1. The van der Waals surface area contributed by atoms with Crippen LogP contribution >= 0.6 is 0 Å². The van der Waals surface area contributed by atoms with Gasteiger partial charge in [0, 0.05) is 25.7 Å². The lowest BCUT2D eigenvalue weighted by atomic mass is 9.87. The lowest BCUT2D eigenvalue weighted by Gasteiger charge is -2.41. The summed E-state index contributed by atoms with van der Waals surface area (Å²) in [5.41, 5.74) is 2.34. The highest BCUT2D eigenvalue weighted by atomic mass is 16.7. The molecule has 1 aliphatic rings. The summed E-state index contributed by atoms with van der Waals surface area (Å²) in [5.74, 6) is -1.89. The smallest absolute Gasteiger partial charge is 0.334 e. The third-order valence-electron chi connectivity index (χ3n) is 7.43. The van der Waals surface area contributed by atoms with Crippen molar-refractivity contribution in [2.24, 2.45) is 0 Å². The molecule has 2 aromatic carbocycles. The third kappa shape index (κ3) is 9.49. The molecule has 6 atom stereocenters. The molecule has 12 heteroatoms. The number of methoxy groups -OCH3 is 1. The maximum Gasteiger partial charge on any atom is 0.334 e. The molecule has 1 fully saturated rings. The monoisotopic (exact) mass is 617 g/mol. The van der Waals surface area contributed by atoms with E-state index in [-0.39, 0.29) is 42.6 Å². The SMILES string of the molecule is CNCC[C@@H]1O[C@@H](O)[C@H](OC(=O)/C(=C/c2ccc(O)c(OC)c2)C[C@H](CCO)c2cccc(CCO)c2)[C@H](OC(C)=O)[C@H]1O. The van der Waals surface area contributed by atoms with E-state index in [1.165, 1.54) is 25.3 Å². The average Bonchev–Trinajstić information content (AvgIpc) is 3.00. The fourth-order valence-corrected chi connectivity index (χ4v) is 5.21. The van der Waals surface area contributed by atoms with Gasteiger partial charge in [0.25, 0.3) is 0 Å². The second-order valence-electron chi connectivity index (χ2n) is 10.6. The molecule has 12 nitrogen and oxygen atoms in total. The number of carbonyl (C=O) groups is 2. The number of phenols is 1. The number of aliphatic hydroxyl groups is 4. The van der Waals surface area contributed by atoms with E-state index in [0.29, 0.717) is 31.4 Å². The lowest BCUT2D eigenvalue weighted by Crippen LogP contribution is -2.60. The molecule has 0 saturated carbocycles. The van der Waals surface area contributed by atoms with Gasteiger partial charge in [-0.1, -0.05) is 30.3 Å². The van der Waals surface area contributed by atoms with Crippen molar-refractivity contribution in [3.05, 3.63) is 64.7 Å². The summed E-state index contributed by atoms with van der Waals surface area (Å²) >= 11 is 0. The molecule has 1 aliphatic heterocycles. The summed E-state index contributed by atoms with van der Waals surface area (Å²) in [7, 11) is 3.10. The van der Waals surface area contributed by atoms with Gasteiger partial charge in [-0.2, -0.15) is 0 Å². The molecule has 1 saturated heterocycles. The Hall–Kier alpha value is -3.52. The Labute approximate surface area is 256 Å². The first-order valence-electron chi connectivity index (χ1n) is 14.5. The molecule has 1 heterocycles. The first kappa shape index (κ1) is 35.0. The summed E-state index contributed by atoms with van der Waals surface area (Å²) < 4.78 is 21.8. The highest BCUT2D eigenvalue weighted by molar-refractivity contribution is 5.94. The maximum atomic E-state index is 13.8. The van der Waals surface area contributed by atoms with E-state index in [2.05, 4.69) is 5.32 Å². The van der Waals surface area contributed by atoms with Crippen molar-refractivity contribution in [3.8, 4) is 11.5 Å². The van der Waals surface area contributed by atoms with Gasteiger partial charge in [-0.3, -0.25) is 4.79 Å². The summed E-state index contributed by atoms with van der Waals surface area (Å²) in [4.78, 5) is 25.8. The van der Waals surface area contributed by atoms with Crippen molar-refractivity contribution >= 4 is 18.0 Å². The van der Waals surface area contributed by atoms with E-state index in [0.717, 1.165) is 18.1 Å². The molecule has 0 aliphatic carbocycles. The van der Waals surface area contributed by atoms with Gasteiger partial charge in [0.2, 0.25) is 0 Å². The second-order valence-corrected chi connectivity index (χ2v) is 10.6. The van der Waals surface area contributed by atoms with Gasteiger partial charge in [-0.25, -0.2) is 4.79 Å². The number of rotatable bonds is 15. The van der Waals surface area contributed by atoms with Crippen LogP contribution in [-0.2, 0) is 30.2 Å². The van der Waals surface area contributed by atoms with Crippen molar-refractivity contribution in [2.75, 3.05) is 33.9 Å². The normalized spacial score (nSPS) is 22.7. The van der Waals surface area contributed by atoms with Crippen LogP contribution in [0.1, 0.15) is 48.8 Å². The molecule has 0 unspecified atom stereocenters. The van der Waals surface area contributed by atoms with Gasteiger partial charge >= 0.3 is 11.9 Å². The van der Waals surface area contributed by atoms with Crippen LogP contribution in [0, 0.1) is 0 Å². The summed E-state index contributed by atoms with van der Waals surface area (Å²) in [5, 5.41) is 54.1. The van der Waals surface area contributed by atoms with Crippen LogP contribution in [0.25, 0.3) is 6.08 Å². The number of aliphatic hydroxyl groups excluding tert-OH is 4. The molecule has 0 aromatic heterocycles. The number of esters is 2. The highest BCUT2D eigenvalue weighted by Crippen LogP contribution is 2.33. The van der Waals surface area contributed by atoms with E-state index < -0.39 is 42.6 Å². The first-order chi connectivity index (χ1) is 21.1. The van der Waals surface area contributed by atoms with Crippen LogP contribution < -0.4 is 10.1 Å². The molecular formula is C32H43NO11. The van der Waals surface area contributed by atoms with Gasteiger partial charge in [0.1, 0.15) is 6.10 Å². The van der Waals surface area contributed by atoms with Crippen molar-refractivity contribution in [2.45, 2.75) is 69.2 Å². The summed E-state index contributed by atoms with van der Waals surface area (Å²) in [6, 6.07) is 12.0. The van der Waals surface area contributed by atoms with Gasteiger partial charge < -0.3 is 49.8 Å². The highest BCUT2D eigenvalue weighted by Gasteiger charge is 2.49. The van der Waals surface area contributed by atoms with Crippen LogP contribution in [0.4, 0.5) is 0 Å². The molecule has 6 N–H and O–H groups in total. The minimum absolute atomic E-state index is 0.0365. The fourth-order valence-electron chi connectivity index (χ4n) is 5.21. The Morgan fingerprint density at radius 3 is 2.50 bits per heavy atom. The Morgan fingerprint density at radius 2 is 1.84 bits per heavy atom. The number of carbonyl (C=O) groups excluding carboxylic acids is 2. The topological polar surface area (TPSA) is 184 Å². The Bertz CT molecular complexity index is 1270. The molecule has 3 rings (SSSR count). The van der Waals surface area contributed by atoms with Crippen LogP contribution in [-0.4, -0.2) is 102 Å². The largest absolute Gasteiger partial charge is 0.504 e. The number of ether oxygens (including phenoxy) is 4. The minimum atomic E-state index is -1.70. The quantitative estimate of drug-likeness (QED) is 0.125. The molecule has 2 aromatic rings. The van der Waals surface area contributed by atoms with Gasteiger partial charge in [-0.15, -0.1) is 0 Å². The molecule has 0 bridgehead atoms. The fraction of sp³-hybridized carbons (Fsp3) is 0.500. The standard InChI is InChI=1S/C32H43NO11/c1-19(36)42-29-28(38)26(9-12-33-2)43-32(40)30(29)44-31(39)24(16-21-7-8-25(37)27(17-21)41-3)18-23(11-14-35)22-6-4-5-20(15-22)10-13-34/h4-8,15-17,23,26,28-30,32-35,37-38,40H,9-14,18H2,1-3H3/b24-16+/t23-,26-,28-,29+,30+,32+/m0/s1. The number of phenolic OH excluding ortho intramolecular Hbond substituents is 1. The maximum absolute atomic E-state index is 13.8. The number of aromatic hydroxyl groups is 1. The molecule has 242 valence electrons. The summed E-state index contributed by atoms with van der Waals surface area (Å²) in [6.07, 6.45) is -4.29. The predicted octanol–water partition coefficient (Wildman–Crippen LogP) is 1.41. The van der Waals surface area contributed by atoms with Crippen LogP contribution in [0.5, 0.6) is 11.5 Å².